The smallest absolute Gasteiger partial charge is 0.161 e. The van der Waals surface area contributed by atoms with E-state index in [1.165, 1.54) is 0 Å². The van der Waals surface area contributed by atoms with E-state index in [1.807, 2.05) is 19.0 Å². The van der Waals surface area contributed by atoms with Crippen molar-refractivity contribution >= 4 is 5.84 Å². The van der Waals surface area contributed by atoms with Gasteiger partial charge in [0.15, 0.2) is 11.5 Å². The molecule has 1 rings (SSSR count). The summed E-state index contributed by atoms with van der Waals surface area (Å²) < 4.78 is 10.8. The maximum absolute atomic E-state index is 7.35. The summed E-state index contributed by atoms with van der Waals surface area (Å²) in [5, 5.41) is 7.35. The highest BCUT2D eigenvalue weighted by Crippen LogP contribution is 2.27. The van der Waals surface area contributed by atoms with Crippen molar-refractivity contribution in [1.29, 1.82) is 5.41 Å². The number of methoxy groups -OCH3 is 1. The lowest BCUT2D eigenvalue weighted by molar-refractivity contribution is 0.250. The molecule has 5 heteroatoms. The Morgan fingerprint density at radius 3 is 2.59 bits per heavy atom. The molecule has 0 bridgehead atoms. The maximum atomic E-state index is 7.35. The number of nitrogens with one attached hydrogen (secondary N) is 1. The average Bonchev–Trinajstić information content (AvgIpc) is 2.28. The highest BCUT2D eigenvalue weighted by molar-refractivity contribution is 5.95. The van der Waals surface area contributed by atoms with Crippen LogP contribution < -0.4 is 15.2 Å². The van der Waals surface area contributed by atoms with E-state index in [0.29, 0.717) is 23.7 Å². The number of hydrogen-bond acceptors (Lipinski definition) is 4. The molecule has 0 aliphatic carbocycles. The number of nitrogens with zero attached hydrogens (tertiary/aromatic N) is 1. The topological polar surface area (TPSA) is 71.6 Å². The van der Waals surface area contributed by atoms with Gasteiger partial charge in [-0.1, -0.05) is 0 Å². The van der Waals surface area contributed by atoms with Crippen molar-refractivity contribution in [3.8, 4) is 11.5 Å². The fourth-order valence-corrected chi connectivity index (χ4v) is 1.29. The van der Waals surface area contributed by atoms with Crippen molar-refractivity contribution < 1.29 is 9.47 Å². The maximum Gasteiger partial charge on any atom is 0.161 e. The van der Waals surface area contributed by atoms with Crippen LogP contribution in [0.2, 0.25) is 0 Å². The zero-order valence-electron chi connectivity index (χ0n) is 10.5. The average molecular weight is 237 g/mol. The molecule has 0 atom stereocenters. The van der Waals surface area contributed by atoms with Gasteiger partial charge in [-0.15, -0.1) is 0 Å². The Labute approximate surface area is 102 Å². The van der Waals surface area contributed by atoms with Crippen LogP contribution in [0, 0.1) is 5.41 Å². The van der Waals surface area contributed by atoms with E-state index in [4.69, 9.17) is 20.6 Å². The summed E-state index contributed by atoms with van der Waals surface area (Å²) in [4.78, 5) is 2.04. The van der Waals surface area contributed by atoms with Crippen LogP contribution in [-0.4, -0.2) is 45.1 Å². The van der Waals surface area contributed by atoms with Crippen LogP contribution >= 0.6 is 0 Å². The number of amidine groups is 1. The summed E-state index contributed by atoms with van der Waals surface area (Å²) in [7, 11) is 5.54. The first-order chi connectivity index (χ1) is 8.04. The van der Waals surface area contributed by atoms with Crippen molar-refractivity contribution in [2.45, 2.75) is 0 Å². The Morgan fingerprint density at radius 1 is 1.35 bits per heavy atom. The third-order valence-corrected chi connectivity index (χ3v) is 2.27. The molecule has 0 saturated carbocycles. The summed E-state index contributed by atoms with van der Waals surface area (Å²) >= 11 is 0. The second-order valence-corrected chi connectivity index (χ2v) is 3.93. The van der Waals surface area contributed by atoms with Crippen LogP contribution in [0.25, 0.3) is 0 Å². The largest absolute Gasteiger partial charge is 0.493 e. The number of ether oxygens (including phenoxy) is 2. The number of rotatable bonds is 6. The number of likely N-dealkylation sites (N-methyl/N-ethyl adjacent to an activating group) is 1. The molecule has 1 aromatic carbocycles. The van der Waals surface area contributed by atoms with E-state index >= 15 is 0 Å². The van der Waals surface area contributed by atoms with E-state index in [0.717, 1.165) is 6.54 Å². The summed E-state index contributed by atoms with van der Waals surface area (Å²) in [6, 6.07) is 5.22. The second-order valence-electron chi connectivity index (χ2n) is 3.93. The van der Waals surface area contributed by atoms with Crippen molar-refractivity contribution in [2.24, 2.45) is 5.73 Å². The van der Waals surface area contributed by atoms with E-state index in [1.54, 1.807) is 25.3 Å². The van der Waals surface area contributed by atoms with Gasteiger partial charge in [0.2, 0.25) is 0 Å². The summed E-state index contributed by atoms with van der Waals surface area (Å²) in [5.74, 6) is 1.28. The predicted molar refractivity (Wildman–Crippen MR) is 68.1 cm³/mol. The van der Waals surface area contributed by atoms with Crippen LogP contribution in [0.1, 0.15) is 5.56 Å². The predicted octanol–water partition coefficient (Wildman–Crippen LogP) is 0.920. The lowest BCUT2D eigenvalue weighted by Gasteiger charge is -2.14. The molecule has 5 nitrogen and oxygen atoms in total. The minimum atomic E-state index is 0.0168. The third-order valence-electron chi connectivity index (χ3n) is 2.27. The van der Waals surface area contributed by atoms with Crippen LogP contribution in [0.4, 0.5) is 0 Å². The Kier molecular flexibility index (Phi) is 4.78. The zero-order chi connectivity index (χ0) is 12.8. The lowest BCUT2D eigenvalue weighted by atomic mass is 10.2. The molecule has 3 N–H and O–H groups in total. The molecule has 0 aromatic heterocycles. The zero-order valence-corrected chi connectivity index (χ0v) is 10.5. The minimum absolute atomic E-state index is 0.0168. The number of benzene rings is 1. The molecule has 94 valence electrons. The Morgan fingerprint density at radius 2 is 2.06 bits per heavy atom. The Hall–Kier alpha value is -1.75. The molecule has 0 aliphatic heterocycles. The van der Waals surface area contributed by atoms with Gasteiger partial charge >= 0.3 is 0 Å². The molecule has 0 saturated heterocycles. The molecular formula is C12H19N3O2. The number of nitrogens with two attached hydrogens (primary N) is 1. The standard InChI is InChI=1S/C12H19N3O2/c1-15(2)6-7-17-10-5-4-9(12(13)14)8-11(10)16-3/h4-5,8H,6-7H2,1-3H3,(H3,13,14). The van der Waals surface area contributed by atoms with Gasteiger partial charge in [-0.25, -0.2) is 0 Å². The Bertz CT molecular complexity index is 391. The van der Waals surface area contributed by atoms with Gasteiger partial charge in [0.05, 0.1) is 7.11 Å². The molecule has 0 radical (unpaired) electrons. The first kappa shape index (κ1) is 13.3. The molecule has 0 unspecified atom stereocenters. The Balaban J connectivity index is 2.75. The normalized spacial score (nSPS) is 10.4. The molecule has 0 amide bonds. The van der Waals surface area contributed by atoms with Gasteiger partial charge in [-0.3, -0.25) is 5.41 Å². The van der Waals surface area contributed by atoms with Gasteiger partial charge < -0.3 is 20.1 Å². The van der Waals surface area contributed by atoms with E-state index in [-0.39, 0.29) is 5.84 Å². The molecule has 0 aliphatic rings. The highest BCUT2D eigenvalue weighted by atomic mass is 16.5. The number of nitrogen functional groups attached to an aromatic ring is 1. The minimum Gasteiger partial charge on any atom is -0.493 e. The van der Waals surface area contributed by atoms with Gasteiger partial charge in [-0.2, -0.15) is 0 Å². The van der Waals surface area contributed by atoms with E-state index in [2.05, 4.69) is 0 Å². The molecule has 1 aromatic rings. The lowest BCUT2D eigenvalue weighted by Crippen LogP contribution is -2.19. The van der Waals surface area contributed by atoms with Crippen LogP contribution in [0.5, 0.6) is 11.5 Å². The van der Waals surface area contributed by atoms with Crippen molar-refractivity contribution in [3.05, 3.63) is 23.8 Å². The SMILES string of the molecule is COc1cc(C(=N)N)ccc1OCCN(C)C. The van der Waals surface area contributed by atoms with Crippen LogP contribution in [0.15, 0.2) is 18.2 Å². The first-order valence-corrected chi connectivity index (χ1v) is 5.34. The summed E-state index contributed by atoms with van der Waals surface area (Å²) in [5.41, 5.74) is 6.03. The first-order valence-electron chi connectivity index (χ1n) is 5.34. The summed E-state index contributed by atoms with van der Waals surface area (Å²) in [6.07, 6.45) is 0. The summed E-state index contributed by atoms with van der Waals surface area (Å²) in [6.45, 7) is 1.42. The van der Waals surface area contributed by atoms with Gasteiger partial charge in [0, 0.05) is 12.1 Å². The fourth-order valence-electron chi connectivity index (χ4n) is 1.29. The third kappa shape index (κ3) is 3.96. The number of hydrogen-bond donors (Lipinski definition) is 2. The van der Waals surface area contributed by atoms with Crippen molar-refractivity contribution in [3.63, 3.8) is 0 Å². The van der Waals surface area contributed by atoms with Gasteiger partial charge in [0.1, 0.15) is 12.4 Å². The molecule has 0 heterocycles. The van der Waals surface area contributed by atoms with E-state index < -0.39 is 0 Å². The fraction of sp³-hybridized carbons (Fsp3) is 0.417. The van der Waals surface area contributed by atoms with Gasteiger partial charge in [-0.05, 0) is 32.3 Å². The highest BCUT2D eigenvalue weighted by Gasteiger charge is 2.07. The van der Waals surface area contributed by atoms with E-state index in [9.17, 15) is 0 Å². The molecular weight excluding hydrogens is 218 g/mol. The second kappa shape index (κ2) is 6.10. The monoisotopic (exact) mass is 237 g/mol. The van der Waals surface area contributed by atoms with Crippen molar-refractivity contribution in [2.75, 3.05) is 34.4 Å². The molecule has 0 spiro atoms. The van der Waals surface area contributed by atoms with Crippen LogP contribution in [-0.2, 0) is 0 Å². The van der Waals surface area contributed by atoms with Gasteiger partial charge in [0.25, 0.3) is 0 Å². The molecule has 17 heavy (non-hydrogen) atoms. The van der Waals surface area contributed by atoms with Crippen LogP contribution in [0.3, 0.4) is 0 Å². The quantitative estimate of drug-likeness (QED) is 0.570. The molecule has 0 fully saturated rings. The van der Waals surface area contributed by atoms with Crippen molar-refractivity contribution in [1.82, 2.24) is 4.90 Å².